The second-order valence-corrected chi connectivity index (χ2v) is 7.04. The molecule has 2 atom stereocenters. The first-order valence-corrected chi connectivity index (χ1v) is 8.61. The lowest BCUT2D eigenvalue weighted by Crippen LogP contribution is -2.35. The van der Waals surface area contributed by atoms with Crippen LogP contribution in [0.5, 0.6) is 0 Å². The monoisotopic (exact) mass is 306 g/mol. The molecule has 2 unspecified atom stereocenters. The minimum Gasteiger partial charge on any atom is -0.480 e. The molecule has 1 saturated carbocycles. The molecule has 0 amide bonds. The van der Waals surface area contributed by atoms with Crippen molar-refractivity contribution in [3.63, 3.8) is 0 Å². The molecule has 21 heavy (non-hydrogen) atoms. The smallest absolute Gasteiger partial charge is 0.321 e. The number of hydrogen-bond acceptors (Lipinski definition) is 4. The van der Waals surface area contributed by atoms with Gasteiger partial charge >= 0.3 is 5.97 Å². The maximum absolute atomic E-state index is 11.2. The summed E-state index contributed by atoms with van der Waals surface area (Å²) in [5, 5.41) is 16.0. The normalized spacial score (nSPS) is 23.2. The Morgan fingerprint density at radius 3 is 2.86 bits per heavy atom. The van der Waals surface area contributed by atoms with E-state index in [1.807, 2.05) is 11.8 Å². The molecule has 1 aromatic carbocycles. The van der Waals surface area contributed by atoms with Crippen molar-refractivity contribution >= 4 is 17.7 Å². The van der Waals surface area contributed by atoms with Gasteiger partial charge < -0.3 is 15.7 Å². The van der Waals surface area contributed by atoms with E-state index in [1.165, 1.54) is 24.0 Å². The van der Waals surface area contributed by atoms with Crippen LogP contribution in [-0.4, -0.2) is 36.5 Å². The zero-order valence-corrected chi connectivity index (χ0v) is 13.1. The fourth-order valence-corrected chi connectivity index (χ4v) is 4.01. The van der Waals surface area contributed by atoms with Crippen LogP contribution in [0, 0.1) is 0 Å². The van der Waals surface area contributed by atoms with Crippen LogP contribution in [0.2, 0.25) is 0 Å². The maximum Gasteiger partial charge on any atom is 0.321 e. The van der Waals surface area contributed by atoms with Gasteiger partial charge in [0.15, 0.2) is 0 Å². The Morgan fingerprint density at radius 2 is 2.29 bits per heavy atom. The van der Waals surface area contributed by atoms with E-state index < -0.39 is 12.0 Å². The number of aliphatic carboxylic acids is 1. The second kappa shape index (κ2) is 6.38. The van der Waals surface area contributed by atoms with Gasteiger partial charge in [-0.15, -0.1) is 11.8 Å². The molecule has 1 heterocycles. The molecule has 2 fully saturated rings. The van der Waals surface area contributed by atoms with E-state index in [4.69, 9.17) is 0 Å². The van der Waals surface area contributed by atoms with Crippen molar-refractivity contribution in [1.29, 1.82) is 0 Å². The summed E-state index contributed by atoms with van der Waals surface area (Å²) in [6, 6.07) is 6.02. The van der Waals surface area contributed by atoms with Crippen LogP contribution in [0.25, 0.3) is 0 Å². The number of hydrogen-bond donors (Lipinski definition) is 3. The highest BCUT2D eigenvalue weighted by molar-refractivity contribution is 7.99. The van der Waals surface area contributed by atoms with Crippen LogP contribution in [0.15, 0.2) is 18.2 Å². The predicted octanol–water partition coefficient (Wildman–Crippen LogP) is 2.11. The Kier molecular flexibility index (Phi) is 4.52. The summed E-state index contributed by atoms with van der Waals surface area (Å²) in [4.78, 5) is 11.2. The van der Waals surface area contributed by atoms with Crippen LogP contribution in [0.1, 0.15) is 40.8 Å². The summed E-state index contributed by atoms with van der Waals surface area (Å²) in [5.41, 5.74) is 3.94. The summed E-state index contributed by atoms with van der Waals surface area (Å²) in [6.45, 7) is 1.05. The number of thioether (sulfide) groups is 1. The van der Waals surface area contributed by atoms with Gasteiger partial charge in [0, 0.05) is 12.3 Å². The molecular weight excluding hydrogens is 284 g/mol. The van der Waals surface area contributed by atoms with Gasteiger partial charge in [0.1, 0.15) is 6.04 Å². The summed E-state index contributed by atoms with van der Waals surface area (Å²) >= 11 is 1.95. The van der Waals surface area contributed by atoms with Gasteiger partial charge in [-0.25, -0.2) is 0 Å². The first-order valence-electron chi connectivity index (χ1n) is 7.57. The third kappa shape index (κ3) is 3.42. The van der Waals surface area contributed by atoms with Crippen LogP contribution in [0.4, 0.5) is 0 Å². The average Bonchev–Trinajstić information content (AvgIpc) is 3.18. The van der Waals surface area contributed by atoms with Gasteiger partial charge in [0.2, 0.25) is 0 Å². The molecule has 1 saturated heterocycles. The van der Waals surface area contributed by atoms with Crippen LogP contribution < -0.4 is 10.6 Å². The van der Waals surface area contributed by atoms with E-state index in [2.05, 4.69) is 28.8 Å². The number of rotatable bonds is 6. The van der Waals surface area contributed by atoms with Crippen molar-refractivity contribution in [2.24, 2.45) is 0 Å². The summed E-state index contributed by atoms with van der Waals surface area (Å²) in [7, 11) is 1.70. The van der Waals surface area contributed by atoms with Gasteiger partial charge in [-0.3, -0.25) is 4.79 Å². The van der Waals surface area contributed by atoms with E-state index in [1.54, 1.807) is 7.05 Å². The van der Waals surface area contributed by atoms with E-state index >= 15 is 0 Å². The first kappa shape index (κ1) is 14.9. The molecule has 0 radical (unpaired) electrons. The Balaban J connectivity index is 1.85. The molecular formula is C16H22N2O2S. The van der Waals surface area contributed by atoms with Gasteiger partial charge in [-0.2, -0.15) is 0 Å². The Morgan fingerprint density at radius 1 is 1.48 bits per heavy atom. The first-order chi connectivity index (χ1) is 10.2. The molecule has 1 aliphatic heterocycles. The molecule has 2 aliphatic rings. The molecule has 114 valence electrons. The second-order valence-electron chi connectivity index (χ2n) is 5.83. The lowest BCUT2D eigenvalue weighted by Gasteiger charge is -2.18. The van der Waals surface area contributed by atoms with Gasteiger partial charge in [0.05, 0.1) is 5.37 Å². The summed E-state index contributed by atoms with van der Waals surface area (Å²) < 4.78 is 0. The van der Waals surface area contributed by atoms with E-state index in [-0.39, 0.29) is 0 Å². The average molecular weight is 306 g/mol. The lowest BCUT2D eigenvalue weighted by atomic mass is 9.96. The van der Waals surface area contributed by atoms with Crippen LogP contribution in [0.3, 0.4) is 0 Å². The largest absolute Gasteiger partial charge is 0.480 e. The SMILES string of the molecule is CNC(Cc1ccc(C2CC2)c(C2NCCS2)c1)C(=O)O. The van der Waals surface area contributed by atoms with Crippen molar-refractivity contribution < 1.29 is 9.90 Å². The maximum atomic E-state index is 11.2. The highest BCUT2D eigenvalue weighted by atomic mass is 32.2. The van der Waals surface area contributed by atoms with E-state index in [0.29, 0.717) is 11.8 Å². The number of carboxylic acids is 1. The number of carboxylic acid groups (broad SMARTS) is 1. The number of likely N-dealkylation sites (N-methyl/N-ethyl adjacent to an activating group) is 1. The molecule has 1 aromatic rings. The number of nitrogens with one attached hydrogen (secondary N) is 2. The van der Waals surface area contributed by atoms with E-state index in [0.717, 1.165) is 23.8 Å². The van der Waals surface area contributed by atoms with Crippen molar-refractivity contribution in [3.05, 3.63) is 34.9 Å². The number of carbonyl (C=O) groups is 1. The fraction of sp³-hybridized carbons (Fsp3) is 0.562. The molecule has 0 spiro atoms. The minimum absolute atomic E-state index is 0.374. The molecule has 0 bridgehead atoms. The Hall–Kier alpha value is -1.04. The molecule has 0 aromatic heterocycles. The van der Waals surface area contributed by atoms with Crippen LogP contribution in [-0.2, 0) is 11.2 Å². The van der Waals surface area contributed by atoms with Gasteiger partial charge in [0.25, 0.3) is 0 Å². The molecule has 4 nitrogen and oxygen atoms in total. The zero-order chi connectivity index (χ0) is 14.8. The molecule has 5 heteroatoms. The summed E-state index contributed by atoms with van der Waals surface area (Å²) in [6.07, 6.45) is 3.11. The predicted molar refractivity (Wildman–Crippen MR) is 85.8 cm³/mol. The van der Waals surface area contributed by atoms with Crippen molar-refractivity contribution in [1.82, 2.24) is 10.6 Å². The third-order valence-corrected chi connectivity index (χ3v) is 5.45. The van der Waals surface area contributed by atoms with Gasteiger partial charge in [-0.1, -0.05) is 18.2 Å². The van der Waals surface area contributed by atoms with Crippen molar-refractivity contribution in [2.75, 3.05) is 19.3 Å². The lowest BCUT2D eigenvalue weighted by molar-refractivity contribution is -0.139. The van der Waals surface area contributed by atoms with Crippen molar-refractivity contribution in [2.45, 2.75) is 36.6 Å². The zero-order valence-electron chi connectivity index (χ0n) is 12.3. The van der Waals surface area contributed by atoms with Gasteiger partial charge in [-0.05, 0) is 48.9 Å². The molecule has 1 aliphatic carbocycles. The topological polar surface area (TPSA) is 61.4 Å². The fourth-order valence-electron chi connectivity index (χ4n) is 2.92. The third-order valence-electron chi connectivity index (χ3n) is 4.25. The Bertz CT molecular complexity index is 525. The standard InChI is InChI=1S/C16H22N2O2S/c1-17-14(16(19)20)9-10-2-5-12(11-3-4-11)13(8-10)15-18-6-7-21-15/h2,5,8,11,14-15,17-18H,3-4,6-7,9H2,1H3,(H,19,20). The molecule has 3 N–H and O–H groups in total. The minimum atomic E-state index is -0.793. The van der Waals surface area contributed by atoms with Crippen molar-refractivity contribution in [3.8, 4) is 0 Å². The highest BCUT2D eigenvalue weighted by Crippen LogP contribution is 2.45. The molecule has 3 rings (SSSR count). The summed E-state index contributed by atoms with van der Waals surface area (Å²) in [5.74, 6) is 1.07. The Labute approximate surface area is 129 Å². The van der Waals surface area contributed by atoms with E-state index in [9.17, 15) is 9.90 Å². The van der Waals surface area contributed by atoms with Crippen LogP contribution >= 0.6 is 11.8 Å². The number of benzene rings is 1. The highest BCUT2D eigenvalue weighted by Gasteiger charge is 2.30. The quantitative estimate of drug-likeness (QED) is 0.751.